The Morgan fingerprint density at radius 2 is 2.07 bits per heavy atom. The first-order chi connectivity index (χ1) is 6.68. The standard InChI is InChI=1S/C11H11NO2/c1-9(8-11(13)14)2-3-10-4-6-12-7-5-10/h2-8H,1H3,(H,13,14). The van der Waals surface area contributed by atoms with E-state index in [1.807, 2.05) is 18.2 Å². The minimum absolute atomic E-state index is 0.703. The second-order valence-corrected chi connectivity index (χ2v) is 2.84. The summed E-state index contributed by atoms with van der Waals surface area (Å²) in [5.41, 5.74) is 1.70. The number of rotatable bonds is 3. The molecule has 3 nitrogen and oxygen atoms in total. The van der Waals surface area contributed by atoms with Gasteiger partial charge in [-0.3, -0.25) is 4.98 Å². The van der Waals surface area contributed by atoms with Crippen molar-refractivity contribution in [1.29, 1.82) is 0 Å². The molecule has 0 saturated carbocycles. The lowest BCUT2D eigenvalue weighted by Crippen LogP contribution is -1.87. The largest absolute Gasteiger partial charge is 0.478 e. The first kappa shape index (κ1) is 10.2. The summed E-state index contributed by atoms with van der Waals surface area (Å²) in [5.74, 6) is -0.929. The van der Waals surface area contributed by atoms with Crippen LogP contribution in [0.15, 0.2) is 42.3 Å². The van der Waals surface area contributed by atoms with Gasteiger partial charge < -0.3 is 5.11 Å². The van der Waals surface area contributed by atoms with Crippen LogP contribution in [0.5, 0.6) is 0 Å². The molecule has 14 heavy (non-hydrogen) atoms. The van der Waals surface area contributed by atoms with Gasteiger partial charge in [-0.25, -0.2) is 4.79 Å². The quantitative estimate of drug-likeness (QED) is 0.585. The average molecular weight is 189 g/mol. The zero-order valence-electron chi connectivity index (χ0n) is 7.84. The Morgan fingerprint density at radius 1 is 1.43 bits per heavy atom. The van der Waals surface area contributed by atoms with Gasteiger partial charge in [0, 0.05) is 18.5 Å². The number of nitrogens with zero attached hydrogens (tertiary/aromatic N) is 1. The van der Waals surface area contributed by atoms with Crippen molar-refractivity contribution in [2.75, 3.05) is 0 Å². The Bertz CT molecular complexity index is 366. The molecule has 0 aromatic carbocycles. The zero-order chi connectivity index (χ0) is 10.4. The van der Waals surface area contributed by atoms with Gasteiger partial charge in [-0.2, -0.15) is 0 Å². The predicted octanol–water partition coefficient (Wildman–Crippen LogP) is 2.13. The molecule has 1 aromatic rings. The second-order valence-electron chi connectivity index (χ2n) is 2.84. The van der Waals surface area contributed by atoms with Crippen LogP contribution in [0.25, 0.3) is 6.08 Å². The summed E-state index contributed by atoms with van der Waals surface area (Å²) in [7, 11) is 0. The fourth-order valence-corrected chi connectivity index (χ4v) is 0.945. The van der Waals surface area contributed by atoms with E-state index in [9.17, 15) is 4.79 Å². The van der Waals surface area contributed by atoms with E-state index in [-0.39, 0.29) is 0 Å². The van der Waals surface area contributed by atoms with Crippen LogP contribution in [0, 0.1) is 0 Å². The third-order valence-corrected chi connectivity index (χ3v) is 1.60. The Labute approximate surface area is 82.4 Å². The number of carboxylic acid groups (broad SMARTS) is 1. The van der Waals surface area contributed by atoms with Gasteiger partial charge in [0.2, 0.25) is 0 Å². The Balaban J connectivity index is 2.70. The average Bonchev–Trinajstić information content (AvgIpc) is 2.15. The Kier molecular flexibility index (Phi) is 3.61. The van der Waals surface area contributed by atoms with E-state index in [0.29, 0.717) is 5.57 Å². The van der Waals surface area contributed by atoms with Gasteiger partial charge in [0.05, 0.1) is 0 Å². The number of aliphatic carboxylic acids is 1. The van der Waals surface area contributed by atoms with Crippen LogP contribution in [0.3, 0.4) is 0 Å². The van der Waals surface area contributed by atoms with Crippen molar-refractivity contribution < 1.29 is 9.90 Å². The SMILES string of the molecule is CC(C=Cc1ccncc1)=CC(=O)O. The topological polar surface area (TPSA) is 50.2 Å². The molecule has 0 radical (unpaired) electrons. The van der Waals surface area contributed by atoms with Crippen LogP contribution in [0.4, 0.5) is 0 Å². The summed E-state index contributed by atoms with van der Waals surface area (Å²) in [6, 6.07) is 3.70. The lowest BCUT2D eigenvalue weighted by atomic mass is 10.2. The van der Waals surface area contributed by atoms with Crippen LogP contribution in [0.2, 0.25) is 0 Å². The van der Waals surface area contributed by atoms with Crippen LogP contribution >= 0.6 is 0 Å². The van der Waals surface area contributed by atoms with Gasteiger partial charge in [0.25, 0.3) is 0 Å². The van der Waals surface area contributed by atoms with E-state index in [1.165, 1.54) is 0 Å². The third kappa shape index (κ3) is 3.67. The maximum absolute atomic E-state index is 10.3. The van der Waals surface area contributed by atoms with Crippen molar-refractivity contribution in [2.24, 2.45) is 0 Å². The van der Waals surface area contributed by atoms with Gasteiger partial charge in [-0.05, 0) is 30.2 Å². The highest BCUT2D eigenvalue weighted by molar-refractivity contribution is 5.81. The molecule has 0 spiro atoms. The maximum atomic E-state index is 10.3. The van der Waals surface area contributed by atoms with Gasteiger partial charge in [0.15, 0.2) is 0 Å². The van der Waals surface area contributed by atoms with E-state index >= 15 is 0 Å². The molecule has 72 valence electrons. The first-order valence-electron chi connectivity index (χ1n) is 4.18. The summed E-state index contributed by atoms with van der Waals surface area (Å²) >= 11 is 0. The minimum atomic E-state index is -0.929. The van der Waals surface area contributed by atoms with E-state index in [4.69, 9.17) is 5.11 Å². The number of pyridine rings is 1. The van der Waals surface area contributed by atoms with E-state index in [1.54, 1.807) is 25.4 Å². The number of aromatic nitrogens is 1. The molecule has 0 aliphatic rings. The molecule has 0 unspecified atom stereocenters. The molecule has 0 atom stereocenters. The molecular formula is C11H11NO2. The molecule has 0 saturated heterocycles. The van der Waals surface area contributed by atoms with E-state index < -0.39 is 5.97 Å². The van der Waals surface area contributed by atoms with E-state index in [0.717, 1.165) is 11.6 Å². The van der Waals surface area contributed by atoms with Crippen molar-refractivity contribution in [1.82, 2.24) is 4.98 Å². The summed E-state index contributed by atoms with van der Waals surface area (Å²) in [5, 5.41) is 8.46. The van der Waals surface area contributed by atoms with Crippen LogP contribution in [-0.2, 0) is 4.79 Å². The molecule has 1 rings (SSSR count). The summed E-state index contributed by atoms with van der Waals surface area (Å²) in [6.45, 7) is 1.74. The molecule has 0 fully saturated rings. The molecule has 0 aliphatic heterocycles. The van der Waals surface area contributed by atoms with E-state index in [2.05, 4.69) is 4.98 Å². The summed E-state index contributed by atoms with van der Waals surface area (Å²) < 4.78 is 0. The second kappa shape index (κ2) is 4.97. The summed E-state index contributed by atoms with van der Waals surface area (Å²) in [6.07, 6.45) is 8.14. The molecular weight excluding hydrogens is 178 g/mol. The molecule has 1 N–H and O–H groups in total. The first-order valence-corrected chi connectivity index (χ1v) is 4.18. The van der Waals surface area contributed by atoms with Gasteiger partial charge >= 0.3 is 5.97 Å². The Morgan fingerprint density at radius 3 is 2.64 bits per heavy atom. The lowest BCUT2D eigenvalue weighted by molar-refractivity contribution is -0.131. The summed E-state index contributed by atoms with van der Waals surface area (Å²) in [4.78, 5) is 14.2. The predicted molar refractivity (Wildman–Crippen MR) is 54.7 cm³/mol. The van der Waals surface area contributed by atoms with Crippen molar-refractivity contribution in [2.45, 2.75) is 6.92 Å². The molecule has 0 bridgehead atoms. The van der Waals surface area contributed by atoms with Gasteiger partial charge in [-0.15, -0.1) is 0 Å². The number of hydrogen-bond donors (Lipinski definition) is 1. The molecule has 1 heterocycles. The molecule has 1 aromatic heterocycles. The molecule has 0 amide bonds. The van der Waals surface area contributed by atoms with Gasteiger partial charge in [-0.1, -0.05) is 12.2 Å². The van der Waals surface area contributed by atoms with Crippen LogP contribution in [0.1, 0.15) is 12.5 Å². The highest BCUT2D eigenvalue weighted by Gasteiger charge is 1.89. The Hall–Kier alpha value is -1.90. The van der Waals surface area contributed by atoms with Crippen LogP contribution in [-0.4, -0.2) is 16.1 Å². The number of carboxylic acids is 1. The highest BCUT2D eigenvalue weighted by atomic mass is 16.4. The monoisotopic (exact) mass is 189 g/mol. The third-order valence-electron chi connectivity index (χ3n) is 1.60. The van der Waals surface area contributed by atoms with Crippen molar-refractivity contribution in [3.05, 3.63) is 47.8 Å². The van der Waals surface area contributed by atoms with Crippen molar-refractivity contribution >= 4 is 12.0 Å². The van der Waals surface area contributed by atoms with Gasteiger partial charge in [0.1, 0.15) is 0 Å². The molecule has 3 heteroatoms. The lowest BCUT2D eigenvalue weighted by Gasteiger charge is -1.91. The van der Waals surface area contributed by atoms with Crippen molar-refractivity contribution in [3.63, 3.8) is 0 Å². The fourth-order valence-electron chi connectivity index (χ4n) is 0.945. The number of hydrogen-bond acceptors (Lipinski definition) is 2. The number of carbonyl (C=O) groups is 1. The van der Waals surface area contributed by atoms with Crippen molar-refractivity contribution in [3.8, 4) is 0 Å². The number of allylic oxidation sites excluding steroid dienone is 2. The minimum Gasteiger partial charge on any atom is -0.478 e. The van der Waals surface area contributed by atoms with Crippen LogP contribution < -0.4 is 0 Å². The maximum Gasteiger partial charge on any atom is 0.328 e. The normalized spacial score (nSPS) is 11.9. The highest BCUT2D eigenvalue weighted by Crippen LogP contribution is 2.03. The zero-order valence-corrected chi connectivity index (χ0v) is 7.84. The smallest absolute Gasteiger partial charge is 0.328 e. The fraction of sp³-hybridized carbons (Fsp3) is 0.0909. The molecule has 0 aliphatic carbocycles.